The van der Waals surface area contributed by atoms with Gasteiger partial charge in [0.25, 0.3) is 5.91 Å². The summed E-state index contributed by atoms with van der Waals surface area (Å²) in [5, 5.41) is 17.2. The van der Waals surface area contributed by atoms with E-state index in [0.29, 0.717) is 17.2 Å². The number of benzene rings is 1. The van der Waals surface area contributed by atoms with Crippen molar-refractivity contribution in [2.45, 2.75) is 52.0 Å². The minimum Gasteiger partial charge on any atom is -0.394 e. The van der Waals surface area contributed by atoms with Gasteiger partial charge in [0.1, 0.15) is 0 Å². The van der Waals surface area contributed by atoms with Gasteiger partial charge in [-0.15, -0.1) is 0 Å². The smallest absolute Gasteiger partial charge is 0.255 e. The molecule has 1 heterocycles. The molecule has 1 aromatic carbocycles. The van der Waals surface area contributed by atoms with E-state index in [1.807, 2.05) is 44.2 Å². The van der Waals surface area contributed by atoms with E-state index in [4.69, 9.17) is 0 Å². The van der Waals surface area contributed by atoms with Crippen LogP contribution in [0.3, 0.4) is 0 Å². The van der Waals surface area contributed by atoms with Crippen molar-refractivity contribution in [1.82, 2.24) is 15.1 Å². The zero-order chi connectivity index (χ0) is 17.8. The molecule has 1 amide bonds. The topological polar surface area (TPSA) is 67.2 Å². The lowest BCUT2D eigenvalue weighted by atomic mass is 9.98. The summed E-state index contributed by atoms with van der Waals surface area (Å²) in [7, 11) is 0. The van der Waals surface area contributed by atoms with E-state index in [2.05, 4.69) is 10.4 Å². The third-order valence-corrected chi connectivity index (χ3v) is 5.17. The normalized spacial score (nSPS) is 16.1. The molecule has 5 heteroatoms. The summed E-state index contributed by atoms with van der Waals surface area (Å²) >= 11 is 0. The summed E-state index contributed by atoms with van der Waals surface area (Å²) in [5.41, 5.74) is 3.07. The van der Waals surface area contributed by atoms with Gasteiger partial charge in [0.2, 0.25) is 0 Å². The minimum atomic E-state index is -0.186. The van der Waals surface area contributed by atoms with E-state index < -0.39 is 0 Å². The number of hydrogen-bond donors (Lipinski definition) is 2. The van der Waals surface area contributed by atoms with Crippen molar-refractivity contribution in [3.63, 3.8) is 0 Å². The van der Waals surface area contributed by atoms with Crippen LogP contribution in [0.2, 0.25) is 0 Å². The van der Waals surface area contributed by atoms with E-state index in [0.717, 1.165) is 17.8 Å². The molecule has 0 aliphatic heterocycles. The van der Waals surface area contributed by atoms with Gasteiger partial charge >= 0.3 is 0 Å². The molecular formula is C20H27N3O2. The third kappa shape index (κ3) is 3.93. The second-order valence-electron chi connectivity index (χ2n) is 7.03. The fourth-order valence-corrected chi connectivity index (χ4v) is 3.88. The zero-order valence-corrected chi connectivity index (χ0v) is 15.0. The van der Waals surface area contributed by atoms with Crippen molar-refractivity contribution in [3.8, 4) is 5.69 Å². The summed E-state index contributed by atoms with van der Waals surface area (Å²) < 4.78 is 1.80. The average Bonchev–Trinajstić information content (AvgIpc) is 3.22. The fourth-order valence-electron chi connectivity index (χ4n) is 3.88. The number of carbonyl (C=O) groups is 1. The van der Waals surface area contributed by atoms with Gasteiger partial charge in [0.15, 0.2) is 0 Å². The quantitative estimate of drug-likeness (QED) is 0.848. The number of aliphatic hydroxyl groups is 1. The maximum atomic E-state index is 12.8. The van der Waals surface area contributed by atoms with Crippen LogP contribution in [0.25, 0.3) is 5.69 Å². The van der Waals surface area contributed by atoms with E-state index in [-0.39, 0.29) is 18.6 Å². The van der Waals surface area contributed by atoms with Crippen molar-refractivity contribution in [2.75, 3.05) is 6.61 Å². The molecule has 1 aromatic heterocycles. The second kappa shape index (κ2) is 7.83. The Morgan fingerprint density at radius 1 is 1.28 bits per heavy atom. The minimum absolute atomic E-state index is 0.0207. The van der Waals surface area contributed by atoms with Crippen LogP contribution >= 0.6 is 0 Å². The third-order valence-electron chi connectivity index (χ3n) is 5.17. The fraction of sp³-hybridized carbons (Fsp3) is 0.500. The highest BCUT2D eigenvalue weighted by molar-refractivity contribution is 5.96. The van der Waals surface area contributed by atoms with E-state index in [1.54, 1.807) is 4.68 Å². The van der Waals surface area contributed by atoms with Crippen molar-refractivity contribution in [2.24, 2.45) is 5.92 Å². The number of amides is 1. The Balaban J connectivity index is 1.76. The molecule has 134 valence electrons. The first-order valence-corrected chi connectivity index (χ1v) is 9.13. The van der Waals surface area contributed by atoms with E-state index in [9.17, 15) is 9.90 Å². The van der Waals surface area contributed by atoms with Crippen molar-refractivity contribution in [3.05, 3.63) is 47.3 Å². The number of para-hydroxylation sites is 1. The monoisotopic (exact) mass is 341 g/mol. The molecular weight excluding hydrogens is 314 g/mol. The number of aryl methyl sites for hydroxylation is 1. The summed E-state index contributed by atoms with van der Waals surface area (Å²) in [6, 6.07) is 9.62. The number of rotatable bonds is 6. The zero-order valence-electron chi connectivity index (χ0n) is 15.0. The molecule has 1 aliphatic rings. The van der Waals surface area contributed by atoms with Gasteiger partial charge in [-0.05, 0) is 38.3 Å². The summed E-state index contributed by atoms with van der Waals surface area (Å²) in [5.74, 6) is 0.473. The highest BCUT2D eigenvalue weighted by Crippen LogP contribution is 2.28. The Bertz CT molecular complexity index is 718. The van der Waals surface area contributed by atoms with Gasteiger partial charge in [0, 0.05) is 0 Å². The molecule has 0 spiro atoms. The number of hydrogen-bond acceptors (Lipinski definition) is 3. The maximum Gasteiger partial charge on any atom is 0.255 e. The van der Waals surface area contributed by atoms with Crippen LogP contribution in [-0.4, -0.2) is 33.4 Å². The predicted octanol–water partition coefficient (Wildman–Crippen LogP) is 3.16. The lowest BCUT2D eigenvalue weighted by Crippen LogP contribution is -2.39. The van der Waals surface area contributed by atoms with Crippen LogP contribution in [0, 0.1) is 19.8 Å². The molecule has 1 saturated carbocycles. The number of nitrogens with zero attached hydrogens (tertiary/aromatic N) is 2. The molecule has 0 radical (unpaired) electrons. The Morgan fingerprint density at radius 2 is 1.96 bits per heavy atom. The largest absolute Gasteiger partial charge is 0.394 e. The molecule has 1 fully saturated rings. The van der Waals surface area contributed by atoms with Gasteiger partial charge in [-0.2, -0.15) is 5.10 Å². The lowest BCUT2D eigenvalue weighted by Gasteiger charge is -2.20. The van der Waals surface area contributed by atoms with Crippen molar-refractivity contribution >= 4 is 5.91 Å². The molecule has 2 aromatic rings. The van der Waals surface area contributed by atoms with Gasteiger partial charge < -0.3 is 10.4 Å². The van der Waals surface area contributed by atoms with E-state index >= 15 is 0 Å². The number of nitrogens with one attached hydrogen (secondary N) is 1. The molecule has 3 rings (SSSR count). The average molecular weight is 341 g/mol. The first-order valence-electron chi connectivity index (χ1n) is 9.13. The van der Waals surface area contributed by atoms with Gasteiger partial charge in [-0.3, -0.25) is 4.79 Å². The SMILES string of the molecule is Cc1nn(-c2ccccc2)c(C)c1C(=O)N[C@H](CO)CC1CCCC1. The molecule has 0 unspecified atom stereocenters. The number of aliphatic hydroxyl groups excluding tert-OH is 1. The Morgan fingerprint density at radius 3 is 2.60 bits per heavy atom. The molecule has 0 bridgehead atoms. The highest BCUT2D eigenvalue weighted by Gasteiger charge is 2.24. The summed E-state index contributed by atoms with van der Waals surface area (Å²) in [4.78, 5) is 12.8. The van der Waals surface area contributed by atoms with Crippen LogP contribution in [0.5, 0.6) is 0 Å². The second-order valence-corrected chi connectivity index (χ2v) is 7.03. The van der Waals surface area contributed by atoms with Crippen LogP contribution in [0.1, 0.15) is 53.8 Å². The number of carbonyl (C=O) groups excluding carboxylic acids is 1. The number of aromatic nitrogens is 2. The van der Waals surface area contributed by atoms with Gasteiger partial charge in [-0.1, -0.05) is 43.9 Å². The molecule has 0 saturated heterocycles. The van der Waals surface area contributed by atoms with Crippen molar-refractivity contribution in [1.29, 1.82) is 0 Å². The molecule has 1 atom stereocenters. The van der Waals surface area contributed by atoms with Crippen LogP contribution in [-0.2, 0) is 0 Å². The first kappa shape index (κ1) is 17.7. The van der Waals surface area contributed by atoms with Gasteiger partial charge in [-0.25, -0.2) is 4.68 Å². The summed E-state index contributed by atoms with van der Waals surface area (Å²) in [6.07, 6.45) is 5.79. The Hall–Kier alpha value is -2.14. The molecule has 5 nitrogen and oxygen atoms in total. The van der Waals surface area contributed by atoms with E-state index in [1.165, 1.54) is 25.7 Å². The van der Waals surface area contributed by atoms with Crippen LogP contribution in [0.15, 0.2) is 30.3 Å². The maximum absolute atomic E-state index is 12.8. The Kier molecular flexibility index (Phi) is 5.53. The predicted molar refractivity (Wildman–Crippen MR) is 98.0 cm³/mol. The molecule has 2 N–H and O–H groups in total. The highest BCUT2D eigenvalue weighted by atomic mass is 16.3. The van der Waals surface area contributed by atoms with Crippen LogP contribution in [0.4, 0.5) is 0 Å². The summed E-state index contributed by atoms with van der Waals surface area (Å²) in [6.45, 7) is 3.74. The first-order chi connectivity index (χ1) is 12.1. The standard InChI is InChI=1S/C20H27N3O2/c1-14-19(15(2)23(22-14)18-10-4-3-5-11-18)20(25)21-17(13-24)12-16-8-6-7-9-16/h3-5,10-11,16-17,24H,6-9,12-13H2,1-2H3,(H,21,25)/t17-/m0/s1. The van der Waals surface area contributed by atoms with Crippen molar-refractivity contribution < 1.29 is 9.90 Å². The van der Waals surface area contributed by atoms with Gasteiger partial charge in [0.05, 0.1) is 35.3 Å². The molecule has 1 aliphatic carbocycles. The molecule has 25 heavy (non-hydrogen) atoms. The van der Waals surface area contributed by atoms with Crippen LogP contribution < -0.4 is 5.32 Å². The Labute approximate surface area is 149 Å². The lowest BCUT2D eigenvalue weighted by molar-refractivity contribution is 0.0905.